The number of amides is 1. The van der Waals surface area contributed by atoms with Crippen LogP contribution in [0.3, 0.4) is 0 Å². The molecule has 4 aromatic rings. The van der Waals surface area contributed by atoms with Crippen molar-refractivity contribution in [3.63, 3.8) is 0 Å². The number of nitrogens with zero attached hydrogens (tertiary/aromatic N) is 3. The number of fused-ring (bicyclic) bond motifs is 1. The molecule has 0 saturated heterocycles. The summed E-state index contributed by atoms with van der Waals surface area (Å²) < 4.78 is 2.08. The Bertz CT molecular complexity index is 1480. The molecule has 188 valence electrons. The monoisotopic (exact) mass is 492 g/mol. The van der Waals surface area contributed by atoms with Crippen LogP contribution in [0, 0.1) is 0 Å². The number of anilines is 1. The molecule has 0 unspecified atom stereocenters. The smallest absolute Gasteiger partial charge is 0.257 e. The number of imidazole rings is 1. The number of aryl methyl sites for hydroxylation is 3. The third kappa shape index (κ3) is 6.47. The van der Waals surface area contributed by atoms with Gasteiger partial charge in [-0.2, -0.15) is 0 Å². The van der Waals surface area contributed by atoms with Gasteiger partial charge in [-0.1, -0.05) is 49.4 Å². The minimum atomic E-state index is -0.162. The molecular formula is C31H32N4O2. The minimum absolute atomic E-state index is 0.00849. The molecule has 3 aromatic carbocycles. The highest BCUT2D eigenvalue weighted by molar-refractivity contribution is 6.11. The highest BCUT2D eigenvalue weighted by atomic mass is 16.1. The lowest BCUT2D eigenvalue weighted by atomic mass is 10.0. The van der Waals surface area contributed by atoms with E-state index in [1.54, 1.807) is 13.1 Å². The van der Waals surface area contributed by atoms with Crippen molar-refractivity contribution in [3.05, 3.63) is 107 Å². The van der Waals surface area contributed by atoms with Gasteiger partial charge in [-0.05, 0) is 85.4 Å². The number of carbonyl (C=O) groups excluding carboxylic acids is 2. The Morgan fingerprint density at radius 3 is 2.43 bits per heavy atom. The second-order valence-electron chi connectivity index (χ2n) is 8.94. The SMILES string of the molecule is CCc1cccc(C(=O)Nc2nc3ccccc3n2CCCc2cccc(C(/C=C\C(C)=O)=NC)c2)c1. The average Bonchev–Trinajstić information content (AvgIpc) is 3.26. The van der Waals surface area contributed by atoms with Gasteiger partial charge in [-0.25, -0.2) is 4.98 Å². The first-order valence-corrected chi connectivity index (χ1v) is 12.6. The Hall–Kier alpha value is -4.32. The Labute approximate surface area is 217 Å². The first-order chi connectivity index (χ1) is 18.0. The van der Waals surface area contributed by atoms with Crippen molar-refractivity contribution in [1.82, 2.24) is 9.55 Å². The molecule has 0 radical (unpaired) electrons. The number of nitrogens with one attached hydrogen (secondary N) is 1. The fourth-order valence-corrected chi connectivity index (χ4v) is 4.33. The Kier molecular flexibility index (Phi) is 8.41. The number of hydrogen-bond donors (Lipinski definition) is 1. The standard InChI is InChI=1S/C31H32N4O2/c1-4-23-10-7-14-26(20-23)30(37)34-31-33-28-15-5-6-16-29(28)35(31)19-9-12-24-11-8-13-25(21-24)27(32-3)18-17-22(2)36/h5-8,10-11,13-18,20-21H,4,9,12,19H2,1-3H3,(H,33,34,37)/b18-17-,32-27?. The summed E-state index contributed by atoms with van der Waals surface area (Å²) in [5.41, 5.74) is 6.52. The van der Waals surface area contributed by atoms with Gasteiger partial charge in [0.2, 0.25) is 5.95 Å². The Balaban J connectivity index is 1.51. The van der Waals surface area contributed by atoms with Gasteiger partial charge in [0, 0.05) is 19.2 Å². The number of rotatable bonds is 10. The van der Waals surface area contributed by atoms with Gasteiger partial charge in [-0.15, -0.1) is 0 Å². The summed E-state index contributed by atoms with van der Waals surface area (Å²) in [7, 11) is 1.73. The highest BCUT2D eigenvalue weighted by Crippen LogP contribution is 2.22. The first kappa shape index (κ1) is 25.8. The van der Waals surface area contributed by atoms with Crippen LogP contribution in [-0.4, -0.2) is 34.0 Å². The summed E-state index contributed by atoms with van der Waals surface area (Å²) in [5, 5.41) is 3.03. The molecule has 0 bridgehead atoms. The third-order valence-electron chi connectivity index (χ3n) is 6.26. The molecule has 6 heteroatoms. The van der Waals surface area contributed by atoms with Crippen LogP contribution in [-0.2, 0) is 24.2 Å². The normalized spacial score (nSPS) is 11.8. The largest absolute Gasteiger partial charge is 0.310 e. The number of benzene rings is 3. The summed E-state index contributed by atoms with van der Waals surface area (Å²) in [6, 6.07) is 23.8. The van der Waals surface area contributed by atoms with Crippen LogP contribution in [0.15, 0.2) is 89.9 Å². The molecule has 0 spiro atoms. The number of aromatic nitrogens is 2. The van der Waals surface area contributed by atoms with Crippen LogP contribution in [0.4, 0.5) is 5.95 Å². The van der Waals surface area contributed by atoms with E-state index in [9.17, 15) is 9.59 Å². The second kappa shape index (κ2) is 12.1. The fraction of sp³-hybridized carbons (Fsp3) is 0.226. The predicted molar refractivity (Wildman–Crippen MR) is 151 cm³/mol. The van der Waals surface area contributed by atoms with E-state index in [2.05, 4.69) is 33.9 Å². The Morgan fingerprint density at radius 2 is 1.68 bits per heavy atom. The van der Waals surface area contributed by atoms with E-state index in [0.29, 0.717) is 18.1 Å². The fourth-order valence-electron chi connectivity index (χ4n) is 4.33. The molecule has 0 aliphatic rings. The Morgan fingerprint density at radius 1 is 0.946 bits per heavy atom. The topological polar surface area (TPSA) is 76.3 Å². The van der Waals surface area contributed by atoms with Gasteiger partial charge in [-0.3, -0.25) is 19.9 Å². The average molecular weight is 493 g/mol. The molecule has 6 nitrogen and oxygen atoms in total. The van der Waals surface area contributed by atoms with Gasteiger partial charge in [0.25, 0.3) is 5.91 Å². The predicted octanol–water partition coefficient (Wildman–Crippen LogP) is 6.05. The molecule has 37 heavy (non-hydrogen) atoms. The zero-order valence-electron chi connectivity index (χ0n) is 21.6. The summed E-state index contributed by atoms with van der Waals surface area (Å²) in [4.78, 5) is 33.4. The van der Waals surface area contributed by atoms with Crippen LogP contribution >= 0.6 is 0 Å². The molecule has 4 rings (SSSR count). The van der Waals surface area contributed by atoms with E-state index in [4.69, 9.17) is 4.98 Å². The van der Waals surface area contributed by atoms with E-state index in [1.807, 2.05) is 60.7 Å². The van der Waals surface area contributed by atoms with Crippen LogP contribution in [0.25, 0.3) is 11.0 Å². The van der Waals surface area contributed by atoms with Gasteiger partial charge in [0.05, 0.1) is 16.7 Å². The van der Waals surface area contributed by atoms with Crippen LogP contribution < -0.4 is 5.32 Å². The number of allylic oxidation sites excluding steroid dienone is 2. The summed E-state index contributed by atoms with van der Waals surface area (Å²) in [6.07, 6.45) is 5.87. The van der Waals surface area contributed by atoms with Gasteiger partial charge in [0.1, 0.15) is 0 Å². The highest BCUT2D eigenvalue weighted by Gasteiger charge is 2.15. The van der Waals surface area contributed by atoms with E-state index < -0.39 is 0 Å². The van der Waals surface area contributed by atoms with Crippen molar-refractivity contribution in [2.75, 3.05) is 12.4 Å². The van der Waals surface area contributed by atoms with E-state index >= 15 is 0 Å². The van der Waals surface area contributed by atoms with Gasteiger partial charge in [0.15, 0.2) is 5.78 Å². The zero-order chi connectivity index (χ0) is 26.2. The number of aliphatic imine (C=N–C) groups is 1. The van der Waals surface area contributed by atoms with Gasteiger partial charge < -0.3 is 4.57 Å². The van der Waals surface area contributed by atoms with Gasteiger partial charge >= 0.3 is 0 Å². The molecule has 0 saturated carbocycles. The zero-order valence-corrected chi connectivity index (χ0v) is 21.6. The molecule has 1 heterocycles. The van der Waals surface area contributed by atoms with Crippen molar-refractivity contribution in [1.29, 1.82) is 0 Å². The quantitative estimate of drug-likeness (QED) is 0.216. The summed E-state index contributed by atoms with van der Waals surface area (Å²) in [6.45, 7) is 4.30. The third-order valence-corrected chi connectivity index (χ3v) is 6.26. The van der Waals surface area contributed by atoms with Crippen molar-refractivity contribution in [3.8, 4) is 0 Å². The molecule has 0 fully saturated rings. The van der Waals surface area contributed by atoms with E-state index in [-0.39, 0.29) is 11.7 Å². The van der Waals surface area contributed by atoms with Crippen molar-refractivity contribution in [2.24, 2.45) is 4.99 Å². The molecule has 0 atom stereocenters. The van der Waals surface area contributed by atoms with Crippen molar-refractivity contribution in [2.45, 2.75) is 39.7 Å². The minimum Gasteiger partial charge on any atom is -0.310 e. The summed E-state index contributed by atoms with van der Waals surface area (Å²) >= 11 is 0. The maximum absolute atomic E-state index is 13.0. The molecule has 1 N–H and O–H groups in total. The number of hydrogen-bond acceptors (Lipinski definition) is 4. The van der Waals surface area contributed by atoms with E-state index in [0.717, 1.165) is 47.1 Å². The van der Waals surface area contributed by atoms with Crippen molar-refractivity contribution >= 4 is 34.4 Å². The van der Waals surface area contributed by atoms with Crippen molar-refractivity contribution < 1.29 is 9.59 Å². The maximum Gasteiger partial charge on any atom is 0.257 e. The maximum atomic E-state index is 13.0. The molecule has 0 aliphatic heterocycles. The molecule has 1 amide bonds. The lowest BCUT2D eigenvalue weighted by Crippen LogP contribution is -2.16. The van der Waals surface area contributed by atoms with E-state index in [1.165, 1.54) is 18.6 Å². The first-order valence-electron chi connectivity index (χ1n) is 12.6. The summed E-state index contributed by atoms with van der Waals surface area (Å²) in [5.74, 6) is 0.381. The number of para-hydroxylation sites is 2. The molecular weight excluding hydrogens is 460 g/mol. The van der Waals surface area contributed by atoms with Crippen LogP contribution in [0.5, 0.6) is 0 Å². The molecule has 1 aromatic heterocycles. The lowest BCUT2D eigenvalue weighted by molar-refractivity contribution is -0.112. The second-order valence-corrected chi connectivity index (χ2v) is 8.94. The number of carbonyl (C=O) groups is 2. The lowest BCUT2D eigenvalue weighted by Gasteiger charge is -2.11. The van der Waals surface area contributed by atoms with Crippen LogP contribution in [0.1, 0.15) is 47.3 Å². The number of ketones is 1. The van der Waals surface area contributed by atoms with Crippen LogP contribution in [0.2, 0.25) is 0 Å². The molecule has 0 aliphatic carbocycles.